The van der Waals surface area contributed by atoms with E-state index in [1.54, 1.807) is 7.11 Å². The molecule has 4 rings (SSSR count). The van der Waals surface area contributed by atoms with Crippen LogP contribution in [0.3, 0.4) is 0 Å². The first-order valence-corrected chi connectivity index (χ1v) is 13.4. The lowest BCUT2D eigenvalue weighted by atomic mass is 9.44. The van der Waals surface area contributed by atoms with Crippen molar-refractivity contribution >= 4 is 0 Å². The zero-order valence-electron chi connectivity index (χ0n) is 20.6. The maximum Gasteiger partial charge on any atom is 0.154 e. The summed E-state index contributed by atoms with van der Waals surface area (Å²) >= 11 is 0. The van der Waals surface area contributed by atoms with E-state index in [1.165, 1.54) is 57.8 Å². The topological polar surface area (TPSA) is 61.7 Å². The Bertz CT molecular complexity index is 599. The SMILES string of the molecule is COC(O)CC[C@@H](C)[C@H]1CCC2C3CC[C@@H]4CC(NCCO)CC[C@]4(C)C3CC[C@@]21C. The van der Waals surface area contributed by atoms with Crippen molar-refractivity contribution in [3.8, 4) is 0 Å². The largest absolute Gasteiger partial charge is 0.395 e. The summed E-state index contributed by atoms with van der Waals surface area (Å²) in [6.45, 7) is 8.74. The molecule has 0 aliphatic heterocycles. The summed E-state index contributed by atoms with van der Waals surface area (Å²) in [6, 6.07) is 0.620. The smallest absolute Gasteiger partial charge is 0.154 e. The second kappa shape index (κ2) is 9.60. The van der Waals surface area contributed by atoms with Gasteiger partial charge >= 0.3 is 0 Å². The van der Waals surface area contributed by atoms with Gasteiger partial charge in [0.25, 0.3) is 0 Å². The van der Waals surface area contributed by atoms with E-state index in [0.717, 1.165) is 49.0 Å². The van der Waals surface area contributed by atoms with Gasteiger partial charge in [0.2, 0.25) is 0 Å². The number of nitrogens with one attached hydrogen (secondary N) is 1. The monoisotopic (exact) mass is 435 g/mol. The van der Waals surface area contributed by atoms with Crippen LogP contribution in [0, 0.1) is 46.3 Å². The van der Waals surface area contributed by atoms with E-state index < -0.39 is 6.29 Å². The molecule has 0 saturated heterocycles. The molecule has 0 spiro atoms. The predicted octanol–water partition coefficient (Wildman–Crippen LogP) is 4.98. The summed E-state index contributed by atoms with van der Waals surface area (Å²) in [5.41, 5.74) is 1.04. The minimum absolute atomic E-state index is 0.257. The van der Waals surface area contributed by atoms with E-state index >= 15 is 0 Å². The number of ether oxygens (including phenoxy) is 1. The molecule has 4 aliphatic carbocycles. The maximum absolute atomic E-state index is 9.87. The van der Waals surface area contributed by atoms with Crippen LogP contribution < -0.4 is 5.32 Å². The van der Waals surface area contributed by atoms with Crippen molar-refractivity contribution in [1.82, 2.24) is 5.32 Å². The number of aliphatic hydroxyl groups excluding tert-OH is 2. The molecule has 4 saturated carbocycles. The standard InChI is InChI=1S/C27H49NO3/c1-18(5-10-25(30)31-4)22-8-9-23-21-7-6-19-17-20(28-15-16-29)11-13-26(19,2)24(21)12-14-27(22,23)3/h18-25,28-30H,5-17H2,1-4H3/t18-,19-,20?,21?,22-,23?,24?,25?,26+,27-/m1/s1. The van der Waals surface area contributed by atoms with Crippen LogP contribution in [0.5, 0.6) is 0 Å². The fourth-order valence-corrected chi connectivity index (χ4v) is 9.41. The quantitative estimate of drug-likeness (QED) is 0.471. The first-order chi connectivity index (χ1) is 14.8. The summed E-state index contributed by atoms with van der Waals surface area (Å²) in [6.07, 6.45) is 13.8. The lowest BCUT2D eigenvalue weighted by Crippen LogP contribution is -2.55. The molecule has 0 aromatic rings. The Morgan fingerprint density at radius 2 is 1.71 bits per heavy atom. The van der Waals surface area contributed by atoms with Gasteiger partial charge in [0.05, 0.1) is 6.61 Å². The van der Waals surface area contributed by atoms with E-state index in [1.807, 2.05) is 0 Å². The summed E-state index contributed by atoms with van der Waals surface area (Å²) < 4.78 is 5.09. The Labute approximate surface area is 190 Å². The summed E-state index contributed by atoms with van der Waals surface area (Å²) in [5.74, 6) is 5.13. The van der Waals surface area contributed by atoms with Gasteiger partial charge in [0.15, 0.2) is 6.29 Å². The maximum atomic E-state index is 9.87. The van der Waals surface area contributed by atoms with Gasteiger partial charge < -0.3 is 20.3 Å². The molecule has 4 nitrogen and oxygen atoms in total. The first kappa shape index (κ1) is 24.0. The lowest BCUT2D eigenvalue weighted by molar-refractivity contribution is -0.119. The van der Waals surface area contributed by atoms with E-state index in [0.29, 0.717) is 22.8 Å². The highest BCUT2D eigenvalue weighted by Gasteiger charge is 2.60. The minimum atomic E-state index is -0.597. The van der Waals surface area contributed by atoms with Crippen LogP contribution in [0.1, 0.15) is 91.4 Å². The van der Waals surface area contributed by atoms with Gasteiger partial charge in [-0.15, -0.1) is 0 Å². The van der Waals surface area contributed by atoms with Crippen molar-refractivity contribution in [2.75, 3.05) is 20.3 Å². The minimum Gasteiger partial charge on any atom is -0.395 e. The van der Waals surface area contributed by atoms with Gasteiger partial charge in [-0.1, -0.05) is 20.8 Å². The highest BCUT2D eigenvalue weighted by molar-refractivity contribution is 5.10. The van der Waals surface area contributed by atoms with Gasteiger partial charge in [-0.2, -0.15) is 0 Å². The molecule has 0 aromatic heterocycles. The predicted molar refractivity (Wildman–Crippen MR) is 126 cm³/mol. The van der Waals surface area contributed by atoms with Crippen molar-refractivity contribution in [3.05, 3.63) is 0 Å². The van der Waals surface area contributed by atoms with E-state index in [-0.39, 0.29) is 6.61 Å². The third kappa shape index (κ3) is 4.36. The van der Waals surface area contributed by atoms with Crippen molar-refractivity contribution in [2.45, 2.75) is 104 Å². The summed E-state index contributed by atoms with van der Waals surface area (Å²) in [5, 5.41) is 22.7. The molecule has 4 aliphatic rings. The van der Waals surface area contributed by atoms with Gasteiger partial charge in [-0.3, -0.25) is 0 Å². The number of aliphatic hydroxyl groups is 2. The second-order valence-corrected chi connectivity index (χ2v) is 12.3. The summed E-state index contributed by atoms with van der Waals surface area (Å²) in [7, 11) is 1.61. The highest BCUT2D eigenvalue weighted by Crippen LogP contribution is 2.68. The number of hydrogen-bond donors (Lipinski definition) is 3. The van der Waals surface area contributed by atoms with Crippen molar-refractivity contribution in [2.24, 2.45) is 46.3 Å². The van der Waals surface area contributed by atoms with Crippen LogP contribution in [-0.2, 0) is 4.74 Å². The average molecular weight is 436 g/mol. The van der Waals surface area contributed by atoms with Crippen LogP contribution in [0.4, 0.5) is 0 Å². The lowest BCUT2D eigenvalue weighted by Gasteiger charge is -2.61. The highest BCUT2D eigenvalue weighted by atomic mass is 16.6. The molecule has 10 atom stereocenters. The first-order valence-electron chi connectivity index (χ1n) is 13.4. The third-order valence-electron chi connectivity index (χ3n) is 11.1. The van der Waals surface area contributed by atoms with Gasteiger partial charge in [-0.05, 0) is 117 Å². The van der Waals surface area contributed by atoms with Crippen LogP contribution >= 0.6 is 0 Å². The zero-order chi connectivity index (χ0) is 22.2. The fraction of sp³-hybridized carbons (Fsp3) is 1.00. The third-order valence-corrected chi connectivity index (χ3v) is 11.1. The molecule has 4 fully saturated rings. The number of methoxy groups -OCH3 is 1. The molecule has 0 aromatic carbocycles. The molecule has 31 heavy (non-hydrogen) atoms. The number of hydrogen-bond acceptors (Lipinski definition) is 4. The second-order valence-electron chi connectivity index (χ2n) is 12.3. The van der Waals surface area contributed by atoms with Crippen LogP contribution in [0.15, 0.2) is 0 Å². The van der Waals surface area contributed by atoms with E-state index in [9.17, 15) is 10.2 Å². The molecule has 4 heteroatoms. The molecule has 0 amide bonds. The molecule has 5 unspecified atom stereocenters. The van der Waals surface area contributed by atoms with Crippen molar-refractivity contribution in [1.29, 1.82) is 0 Å². The van der Waals surface area contributed by atoms with Gasteiger partial charge in [-0.25, -0.2) is 0 Å². The zero-order valence-corrected chi connectivity index (χ0v) is 20.6. The van der Waals surface area contributed by atoms with Crippen molar-refractivity contribution < 1.29 is 14.9 Å². The molecule has 3 N–H and O–H groups in total. The number of fused-ring (bicyclic) bond motifs is 5. The van der Waals surface area contributed by atoms with Crippen LogP contribution in [-0.4, -0.2) is 42.8 Å². The average Bonchev–Trinajstić information content (AvgIpc) is 3.13. The van der Waals surface area contributed by atoms with Crippen LogP contribution in [0.2, 0.25) is 0 Å². The molecule has 0 radical (unpaired) electrons. The Hall–Kier alpha value is -0.160. The summed E-state index contributed by atoms with van der Waals surface area (Å²) in [4.78, 5) is 0. The van der Waals surface area contributed by atoms with Gasteiger partial charge in [0, 0.05) is 19.7 Å². The Kier molecular flexibility index (Phi) is 7.43. The van der Waals surface area contributed by atoms with E-state index in [4.69, 9.17) is 4.74 Å². The Balaban J connectivity index is 1.43. The molecule has 0 heterocycles. The van der Waals surface area contributed by atoms with Crippen LogP contribution in [0.25, 0.3) is 0 Å². The molecule has 180 valence electrons. The molecule has 0 bridgehead atoms. The van der Waals surface area contributed by atoms with E-state index in [2.05, 4.69) is 26.1 Å². The van der Waals surface area contributed by atoms with Gasteiger partial charge in [0.1, 0.15) is 0 Å². The Morgan fingerprint density at radius 1 is 0.968 bits per heavy atom. The normalized spacial score (nSPS) is 46.6. The molecular weight excluding hydrogens is 386 g/mol. The van der Waals surface area contributed by atoms with Crippen molar-refractivity contribution in [3.63, 3.8) is 0 Å². The fourth-order valence-electron chi connectivity index (χ4n) is 9.41. The Morgan fingerprint density at radius 3 is 2.45 bits per heavy atom. The number of rotatable bonds is 8. The molecular formula is C27H49NO3.